The summed E-state index contributed by atoms with van der Waals surface area (Å²) in [5, 5.41) is 3.56. The van der Waals surface area contributed by atoms with Crippen molar-refractivity contribution in [2.75, 3.05) is 13.1 Å². The van der Waals surface area contributed by atoms with Crippen molar-refractivity contribution in [3.05, 3.63) is 35.6 Å². The summed E-state index contributed by atoms with van der Waals surface area (Å²) in [4.78, 5) is 14.2. The molecule has 2 aliphatic heterocycles. The van der Waals surface area contributed by atoms with E-state index in [1.807, 2.05) is 11.0 Å². The molecule has 0 aliphatic carbocycles. The van der Waals surface area contributed by atoms with Crippen LogP contribution in [-0.2, 0) is 11.2 Å². The molecule has 2 saturated heterocycles. The molecule has 2 unspecified atom stereocenters. The van der Waals surface area contributed by atoms with Crippen LogP contribution in [0, 0.1) is 5.82 Å². The lowest BCUT2D eigenvalue weighted by atomic mass is 10.1. The molecule has 0 spiro atoms. The number of nitrogens with one attached hydrogen (secondary N) is 1. The first-order chi connectivity index (χ1) is 9.20. The van der Waals surface area contributed by atoms with Gasteiger partial charge in [0.15, 0.2) is 0 Å². The minimum Gasteiger partial charge on any atom is -0.341 e. The second kappa shape index (κ2) is 5.29. The first-order valence-electron chi connectivity index (χ1n) is 6.99. The lowest BCUT2D eigenvalue weighted by molar-refractivity contribution is -0.130. The number of hydrogen-bond acceptors (Lipinski definition) is 2. The molecule has 2 atom stereocenters. The summed E-state index contributed by atoms with van der Waals surface area (Å²) in [7, 11) is 0. The van der Waals surface area contributed by atoms with Crippen LogP contribution in [0.2, 0.25) is 0 Å². The Bertz CT molecular complexity index is 477. The summed E-state index contributed by atoms with van der Waals surface area (Å²) in [6.07, 6.45) is 3.73. The van der Waals surface area contributed by atoms with E-state index >= 15 is 0 Å². The van der Waals surface area contributed by atoms with Crippen LogP contribution >= 0.6 is 0 Å². The number of halogens is 1. The Kier molecular flexibility index (Phi) is 3.51. The minimum atomic E-state index is -0.276. The summed E-state index contributed by atoms with van der Waals surface area (Å²) in [5.41, 5.74) is 0.757. The van der Waals surface area contributed by atoms with Crippen LogP contribution in [0.5, 0.6) is 0 Å². The Labute approximate surface area is 112 Å². The highest BCUT2D eigenvalue weighted by atomic mass is 19.1. The molecule has 0 radical (unpaired) electrons. The standard InChI is InChI=1S/C15H19FN2O/c16-12-3-1-2-11(8-12)9-15(19)18-7-6-13-4-5-14(10-18)17-13/h1-3,8,13-14,17H,4-7,9-10H2. The van der Waals surface area contributed by atoms with Gasteiger partial charge in [-0.05, 0) is 37.0 Å². The van der Waals surface area contributed by atoms with Gasteiger partial charge in [-0.1, -0.05) is 12.1 Å². The van der Waals surface area contributed by atoms with E-state index in [4.69, 9.17) is 0 Å². The maximum atomic E-state index is 13.1. The monoisotopic (exact) mass is 262 g/mol. The largest absolute Gasteiger partial charge is 0.341 e. The second-order valence-electron chi connectivity index (χ2n) is 5.57. The van der Waals surface area contributed by atoms with Gasteiger partial charge in [0.05, 0.1) is 6.42 Å². The van der Waals surface area contributed by atoms with Gasteiger partial charge in [-0.15, -0.1) is 0 Å². The van der Waals surface area contributed by atoms with Crippen molar-refractivity contribution in [3.8, 4) is 0 Å². The molecule has 19 heavy (non-hydrogen) atoms. The average molecular weight is 262 g/mol. The van der Waals surface area contributed by atoms with Crippen LogP contribution in [0.3, 0.4) is 0 Å². The van der Waals surface area contributed by atoms with Crippen molar-refractivity contribution in [1.82, 2.24) is 10.2 Å². The first-order valence-corrected chi connectivity index (χ1v) is 6.99. The van der Waals surface area contributed by atoms with Crippen molar-refractivity contribution in [2.24, 2.45) is 0 Å². The van der Waals surface area contributed by atoms with Crippen molar-refractivity contribution in [2.45, 2.75) is 37.8 Å². The second-order valence-corrected chi connectivity index (χ2v) is 5.57. The lowest BCUT2D eigenvalue weighted by Crippen LogP contribution is -2.39. The topological polar surface area (TPSA) is 32.3 Å². The normalized spacial score (nSPS) is 26.3. The Hall–Kier alpha value is -1.42. The van der Waals surface area contributed by atoms with Crippen molar-refractivity contribution < 1.29 is 9.18 Å². The van der Waals surface area contributed by atoms with Crippen LogP contribution in [0.15, 0.2) is 24.3 Å². The highest BCUT2D eigenvalue weighted by Crippen LogP contribution is 2.21. The molecule has 1 aromatic carbocycles. The van der Waals surface area contributed by atoms with Gasteiger partial charge < -0.3 is 10.2 Å². The number of carbonyl (C=O) groups is 1. The van der Waals surface area contributed by atoms with Crippen molar-refractivity contribution >= 4 is 5.91 Å². The molecule has 4 heteroatoms. The molecule has 0 saturated carbocycles. The average Bonchev–Trinajstić information content (AvgIpc) is 2.68. The lowest BCUT2D eigenvalue weighted by Gasteiger charge is -2.24. The van der Waals surface area contributed by atoms with Gasteiger partial charge in [-0.3, -0.25) is 4.79 Å². The van der Waals surface area contributed by atoms with Crippen LogP contribution in [0.4, 0.5) is 4.39 Å². The SMILES string of the molecule is O=C(Cc1cccc(F)c1)N1CCC2CCC(C1)N2. The van der Waals surface area contributed by atoms with Gasteiger partial charge >= 0.3 is 0 Å². The molecular weight excluding hydrogens is 243 g/mol. The summed E-state index contributed by atoms with van der Waals surface area (Å²) in [6, 6.07) is 7.34. The summed E-state index contributed by atoms with van der Waals surface area (Å²) in [5.74, 6) is -0.165. The summed E-state index contributed by atoms with van der Waals surface area (Å²) < 4.78 is 13.1. The molecule has 3 rings (SSSR count). The Morgan fingerprint density at radius 1 is 1.32 bits per heavy atom. The maximum absolute atomic E-state index is 13.1. The third kappa shape index (κ3) is 2.95. The van der Waals surface area contributed by atoms with Crippen molar-refractivity contribution in [1.29, 1.82) is 0 Å². The van der Waals surface area contributed by atoms with E-state index in [1.54, 1.807) is 6.07 Å². The van der Waals surface area contributed by atoms with Gasteiger partial charge in [0.2, 0.25) is 5.91 Å². The number of hydrogen-bond donors (Lipinski definition) is 1. The zero-order chi connectivity index (χ0) is 13.2. The fourth-order valence-corrected chi connectivity index (χ4v) is 3.10. The van der Waals surface area contributed by atoms with Crippen LogP contribution in [0.1, 0.15) is 24.8 Å². The quantitative estimate of drug-likeness (QED) is 0.880. The summed E-state index contributed by atoms with van der Waals surface area (Å²) in [6.45, 7) is 1.62. The fourth-order valence-electron chi connectivity index (χ4n) is 3.10. The van der Waals surface area contributed by atoms with E-state index in [9.17, 15) is 9.18 Å². The fraction of sp³-hybridized carbons (Fsp3) is 0.533. The molecule has 2 fully saturated rings. The highest BCUT2D eigenvalue weighted by molar-refractivity contribution is 5.78. The number of carbonyl (C=O) groups excluding carboxylic acids is 1. The number of benzene rings is 1. The molecule has 2 bridgehead atoms. The van der Waals surface area contributed by atoms with Gasteiger partial charge in [0, 0.05) is 25.2 Å². The van der Waals surface area contributed by atoms with E-state index in [1.165, 1.54) is 18.6 Å². The first kappa shape index (κ1) is 12.6. The number of nitrogens with zero attached hydrogens (tertiary/aromatic N) is 1. The van der Waals surface area contributed by atoms with Crippen molar-refractivity contribution in [3.63, 3.8) is 0 Å². The third-order valence-electron chi connectivity index (χ3n) is 4.12. The van der Waals surface area contributed by atoms with Gasteiger partial charge in [-0.2, -0.15) is 0 Å². The van der Waals surface area contributed by atoms with Gasteiger partial charge in [0.1, 0.15) is 5.82 Å². The summed E-state index contributed by atoms with van der Waals surface area (Å²) >= 11 is 0. The van der Waals surface area contributed by atoms with E-state index in [-0.39, 0.29) is 11.7 Å². The molecular formula is C15H19FN2O. The number of amides is 1. The maximum Gasteiger partial charge on any atom is 0.227 e. The molecule has 102 valence electrons. The van der Waals surface area contributed by atoms with E-state index in [0.29, 0.717) is 18.5 Å². The molecule has 2 heterocycles. The number of rotatable bonds is 2. The van der Waals surface area contributed by atoms with Gasteiger partial charge in [-0.25, -0.2) is 4.39 Å². The molecule has 3 nitrogen and oxygen atoms in total. The van der Waals surface area contributed by atoms with E-state index in [0.717, 1.165) is 31.5 Å². The number of likely N-dealkylation sites (tertiary alicyclic amines) is 1. The molecule has 0 aromatic heterocycles. The van der Waals surface area contributed by atoms with Crippen LogP contribution < -0.4 is 5.32 Å². The molecule has 1 N–H and O–H groups in total. The minimum absolute atomic E-state index is 0.111. The highest BCUT2D eigenvalue weighted by Gasteiger charge is 2.30. The van der Waals surface area contributed by atoms with Crippen LogP contribution in [0.25, 0.3) is 0 Å². The molecule has 2 aliphatic rings. The van der Waals surface area contributed by atoms with Gasteiger partial charge in [0.25, 0.3) is 0 Å². The Morgan fingerprint density at radius 2 is 2.16 bits per heavy atom. The smallest absolute Gasteiger partial charge is 0.227 e. The zero-order valence-corrected chi connectivity index (χ0v) is 10.9. The third-order valence-corrected chi connectivity index (χ3v) is 4.12. The van der Waals surface area contributed by atoms with Crippen LogP contribution in [-0.4, -0.2) is 36.0 Å². The molecule has 1 amide bonds. The predicted molar refractivity (Wildman–Crippen MR) is 71.2 cm³/mol. The Morgan fingerprint density at radius 3 is 3.00 bits per heavy atom. The number of fused-ring (bicyclic) bond motifs is 2. The molecule has 1 aromatic rings. The predicted octanol–water partition coefficient (Wildman–Crippen LogP) is 1.72. The van der Waals surface area contributed by atoms with E-state index < -0.39 is 0 Å². The van der Waals surface area contributed by atoms with E-state index in [2.05, 4.69) is 5.32 Å². The Balaban J connectivity index is 1.64. The zero-order valence-electron chi connectivity index (χ0n) is 10.9.